The van der Waals surface area contributed by atoms with Crippen LogP contribution >= 0.6 is 0 Å². The van der Waals surface area contributed by atoms with Crippen LogP contribution in [0.25, 0.3) is 0 Å². The van der Waals surface area contributed by atoms with Crippen molar-refractivity contribution < 1.29 is 4.74 Å². The fourth-order valence-electron chi connectivity index (χ4n) is 0.311. The highest BCUT2D eigenvalue weighted by molar-refractivity contribution is 4.94. The molecule has 42 valence electrons. The number of ether oxygens (including phenoxy) is 1. The molecule has 0 amide bonds. The summed E-state index contributed by atoms with van der Waals surface area (Å²) < 4.78 is 4.83. The van der Waals surface area contributed by atoms with Gasteiger partial charge in [-0.3, -0.25) is 0 Å². The zero-order valence-electron chi connectivity index (χ0n) is 5.19. The quantitative estimate of drug-likeness (QED) is 0.479. The highest BCUT2D eigenvalue weighted by Crippen LogP contribution is 1.88. The molecule has 0 aromatic heterocycles. The molecule has 0 N–H and O–H groups in total. The molecule has 0 heterocycles. The van der Waals surface area contributed by atoms with Gasteiger partial charge in [0.1, 0.15) is 0 Å². The third kappa shape index (κ3) is 3.53. The van der Waals surface area contributed by atoms with Gasteiger partial charge in [0.15, 0.2) is 0 Å². The van der Waals surface area contributed by atoms with Gasteiger partial charge in [-0.15, -0.1) is 0 Å². The van der Waals surface area contributed by atoms with E-state index in [-0.39, 0.29) is 0 Å². The van der Waals surface area contributed by atoms with Crippen molar-refractivity contribution in [1.82, 2.24) is 0 Å². The maximum Gasteiger partial charge on any atom is 0.0670 e. The van der Waals surface area contributed by atoms with E-state index in [0.717, 1.165) is 6.61 Å². The van der Waals surface area contributed by atoms with Gasteiger partial charge in [-0.2, -0.15) is 0 Å². The third-order valence-corrected chi connectivity index (χ3v) is 0.865. The van der Waals surface area contributed by atoms with Crippen LogP contribution in [0.15, 0.2) is 11.6 Å². The molecule has 0 rings (SSSR count). The standard InChI is InChI=1S/C6H12O/c1-4-6(2)5-7-3/h4H,5H2,1-3H3. The lowest BCUT2D eigenvalue weighted by molar-refractivity contribution is 0.226. The summed E-state index contributed by atoms with van der Waals surface area (Å²) in [6.07, 6.45) is 2.05. The van der Waals surface area contributed by atoms with Gasteiger partial charge in [0.25, 0.3) is 0 Å². The monoisotopic (exact) mass is 100 g/mol. The van der Waals surface area contributed by atoms with E-state index in [9.17, 15) is 0 Å². The van der Waals surface area contributed by atoms with Crippen LogP contribution in [-0.4, -0.2) is 13.7 Å². The highest BCUT2D eigenvalue weighted by Gasteiger charge is 1.79. The van der Waals surface area contributed by atoms with E-state index in [1.54, 1.807) is 7.11 Å². The first-order valence-corrected chi connectivity index (χ1v) is 2.42. The van der Waals surface area contributed by atoms with Crippen LogP contribution in [-0.2, 0) is 4.74 Å². The number of hydrogen-bond donors (Lipinski definition) is 0. The Morgan fingerprint density at radius 2 is 2.29 bits per heavy atom. The van der Waals surface area contributed by atoms with Crippen LogP contribution in [0.5, 0.6) is 0 Å². The molecular formula is C6H12O. The van der Waals surface area contributed by atoms with Crippen LogP contribution in [0.1, 0.15) is 13.8 Å². The predicted octanol–water partition coefficient (Wildman–Crippen LogP) is 1.60. The number of hydrogen-bond acceptors (Lipinski definition) is 1. The minimum absolute atomic E-state index is 0.760. The summed E-state index contributed by atoms with van der Waals surface area (Å²) in [5.41, 5.74) is 1.28. The van der Waals surface area contributed by atoms with E-state index in [0.29, 0.717) is 0 Å². The fraction of sp³-hybridized carbons (Fsp3) is 0.667. The van der Waals surface area contributed by atoms with E-state index < -0.39 is 0 Å². The van der Waals surface area contributed by atoms with Crippen molar-refractivity contribution in [3.05, 3.63) is 11.6 Å². The van der Waals surface area contributed by atoms with Crippen molar-refractivity contribution in [3.8, 4) is 0 Å². The Bertz CT molecular complexity index is 64.6. The minimum Gasteiger partial charge on any atom is -0.380 e. The number of methoxy groups -OCH3 is 1. The lowest BCUT2D eigenvalue weighted by atomic mass is 10.3. The second-order valence-corrected chi connectivity index (χ2v) is 1.57. The summed E-state index contributed by atoms with van der Waals surface area (Å²) in [6.45, 7) is 4.81. The van der Waals surface area contributed by atoms with Gasteiger partial charge in [-0.1, -0.05) is 11.6 Å². The van der Waals surface area contributed by atoms with Crippen molar-refractivity contribution >= 4 is 0 Å². The van der Waals surface area contributed by atoms with Gasteiger partial charge in [0.2, 0.25) is 0 Å². The first-order chi connectivity index (χ1) is 3.31. The van der Waals surface area contributed by atoms with Crippen LogP contribution < -0.4 is 0 Å². The minimum atomic E-state index is 0.760. The summed E-state index contributed by atoms with van der Waals surface area (Å²) >= 11 is 0. The molecular weight excluding hydrogens is 88.1 g/mol. The molecule has 0 aromatic carbocycles. The Kier molecular flexibility index (Phi) is 3.71. The van der Waals surface area contributed by atoms with Crippen molar-refractivity contribution in [1.29, 1.82) is 0 Å². The van der Waals surface area contributed by atoms with E-state index in [4.69, 9.17) is 4.74 Å². The van der Waals surface area contributed by atoms with Crippen molar-refractivity contribution in [2.75, 3.05) is 13.7 Å². The lowest BCUT2D eigenvalue weighted by Gasteiger charge is -1.93. The summed E-state index contributed by atoms with van der Waals surface area (Å²) in [5, 5.41) is 0. The van der Waals surface area contributed by atoms with Gasteiger partial charge >= 0.3 is 0 Å². The topological polar surface area (TPSA) is 9.23 Å². The number of rotatable bonds is 2. The molecule has 0 fully saturated rings. The third-order valence-electron chi connectivity index (χ3n) is 0.865. The zero-order valence-corrected chi connectivity index (χ0v) is 5.19. The molecule has 0 aromatic rings. The summed E-state index contributed by atoms with van der Waals surface area (Å²) in [4.78, 5) is 0. The Hall–Kier alpha value is -0.300. The van der Waals surface area contributed by atoms with Crippen molar-refractivity contribution in [2.24, 2.45) is 0 Å². The molecule has 0 aliphatic carbocycles. The molecule has 1 nitrogen and oxygen atoms in total. The summed E-state index contributed by atoms with van der Waals surface area (Å²) in [5.74, 6) is 0. The predicted molar refractivity (Wildman–Crippen MR) is 31.3 cm³/mol. The molecule has 0 bridgehead atoms. The molecule has 0 aliphatic rings. The molecule has 7 heavy (non-hydrogen) atoms. The van der Waals surface area contributed by atoms with Crippen LogP contribution in [0.3, 0.4) is 0 Å². The number of allylic oxidation sites excluding steroid dienone is 1. The molecule has 0 aliphatic heterocycles. The first-order valence-electron chi connectivity index (χ1n) is 2.42. The van der Waals surface area contributed by atoms with Gasteiger partial charge in [0.05, 0.1) is 6.61 Å². The molecule has 1 heteroatoms. The van der Waals surface area contributed by atoms with Gasteiger partial charge < -0.3 is 4.74 Å². The van der Waals surface area contributed by atoms with E-state index >= 15 is 0 Å². The van der Waals surface area contributed by atoms with Gasteiger partial charge in [-0.05, 0) is 13.8 Å². The normalized spacial score (nSPS) is 12.1. The first kappa shape index (κ1) is 6.70. The maximum absolute atomic E-state index is 4.83. The van der Waals surface area contributed by atoms with E-state index in [2.05, 4.69) is 0 Å². The van der Waals surface area contributed by atoms with E-state index in [1.165, 1.54) is 5.57 Å². The average Bonchev–Trinajstić information content (AvgIpc) is 1.68. The summed E-state index contributed by atoms with van der Waals surface area (Å²) in [7, 11) is 1.70. The van der Waals surface area contributed by atoms with E-state index in [1.807, 2.05) is 19.9 Å². The largest absolute Gasteiger partial charge is 0.380 e. The van der Waals surface area contributed by atoms with Crippen molar-refractivity contribution in [2.45, 2.75) is 13.8 Å². The highest BCUT2D eigenvalue weighted by atomic mass is 16.5. The second kappa shape index (κ2) is 3.88. The van der Waals surface area contributed by atoms with Crippen LogP contribution in [0.2, 0.25) is 0 Å². The molecule has 0 atom stereocenters. The molecule has 0 saturated heterocycles. The maximum atomic E-state index is 4.83. The van der Waals surface area contributed by atoms with Gasteiger partial charge in [0, 0.05) is 7.11 Å². The van der Waals surface area contributed by atoms with Gasteiger partial charge in [-0.25, -0.2) is 0 Å². The Morgan fingerprint density at radius 1 is 1.71 bits per heavy atom. The lowest BCUT2D eigenvalue weighted by Crippen LogP contribution is -1.87. The van der Waals surface area contributed by atoms with Crippen LogP contribution in [0, 0.1) is 0 Å². The zero-order chi connectivity index (χ0) is 5.70. The second-order valence-electron chi connectivity index (χ2n) is 1.57. The molecule has 0 radical (unpaired) electrons. The Labute approximate surface area is 45.0 Å². The average molecular weight is 100 g/mol. The Morgan fingerprint density at radius 3 is 2.43 bits per heavy atom. The molecule has 0 saturated carbocycles. The molecule has 0 spiro atoms. The van der Waals surface area contributed by atoms with Crippen LogP contribution in [0.4, 0.5) is 0 Å². The summed E-state index contributed by atoms with van der Waals surface area (Å²) in [6, 6.07) is 0. The SMILES string of the molecule is CC=C(C)COC. The fourth-order valence-corrected chi connectivity index (χ4v) is 0.311. The Balaban J connectivity index is 3.17. The van der Waals surface area contributed by atoms with Crippen molar-refractivity contribution in [3.63, 3.8) is 0 Å². The smallest absolute Gasteiger partial charge is 0.0670 e. The molecule has 0 unspecified atom stereocenters.